The fourth-order valence-corrected chi connectivity index (χ4v) is 3.15. The largest absolute Gasteiger partial charge is 0.493 e. The summed E-state index contributed by atoms with van der Waals surface area (Å²) in [6.45, 7) is 2.05. The number of benzene rings is 2. The van der Waals surface area contributed by atoms with Crippen molar-refractivity contribution in [1.82, 2.24) is 9.88 Å². The van der Waals surface area contributed by atoms with Crippen molar-refractivity contribution in [1.29, 1.82) is 0 Å². The first kappa shape index (κ1) is 19.8. The van der Waals surface area contributed by atoms with Crippen molar-refractivity contribution in [3.63, 3.8) is 0 Å². The van der Waals surface area contributed by atoms with E-state index in [-0.39, 0.29) is 5.82 Å². The molecule has 1 aromatic heterocycles. The minimum Gasteiger partial charge on any atom is -0.493 e. The summed E-state index contributed by atoms with van der Waals surface area (Å²) in [5.74, 6) is 1.26. The molecule has 0 aliphatic heterocycles. The Hall–Kier alpha value is -2.92. The maximum atomic E-state index is 14.2. The van der Waals surface area contributed by atoms with Crippen LogP contribution in [0.1, 0.15) is 16.7 Å². The van der Waals surface area contributed by atoms with Crippen molar-refractivity contribution in [2.45, 2.75) is 19.5 Å². The van der Waals surface area contributed by atoms with Gasteiger partial charge in [0, 0.05) is 37.6 Å². The van der Waals surface area contributed by atoms with Crippen molar-refractivity contribution in [3.05, 3.63) is 89.5 Å². The quantitative estimate of drug-likeness (QED) is 0.548. The van der Waals surface area contributed by atoms with Crippen LogP contribution in [-0.2, 0) is 19.5 Å². The molecule has 0 aliphatic rings. The molecule has 0 aliphatic carbocycles. The van der Waals surface area contributed by atoms with Gasteiger partial charge in [0.25, 0.3) is 0 Å². The van der Waals surface area contributed by atoms with Crippen LogP contribution in [0.15, 0.2) is 67.0 Å². The summed E-state index contributed by atoms with van der Waals surface area (Å²) in [6.07, 6.45) is 4.38. The Kier molecular flexibility index (Phi) is 6.98. The number of ether oxygens (including phenoxy) is 2. The molecule has 0 fully saturated rings. The predicted molar refractivity (Wildman–Crippen MR) is 108 cm³/mol. The van der Waals surface area contributed by atoms with Crippen LogP contribution in [0.5, 0.6) is 11.5 Å². The number of rotatable bonds is 9. The van der Waals surface area contributed by atoms with Crippen molar-refractivity contribution in [2.75, 3.05) is 20.8 Å². The zero-order valence-electron chi connectivity index (χ0n) is 16.3. The molecule has 5 heteroatoms. The normalized spacial score (nSPS) is 10.9. The van der Waals surface area contributed by atoms with Gasteiger partial charge in [-0.2, -0.15) is 0 Å². The van der Waals surface area contributed by atoms with Crippen LogP contribution in [0, 0.1) is 5.82 Å². The molecule has 0 bridgehead atoms. The third kappa shape index (κ3) is 5.30. The molecule has 0 atom stereocenters. The number of halogens is 1. The van der Waals surface area contributed by atoms with Gasteiger partial charge in [-0.15, -0.1) is 0 Å². The number of pyridine rings is 1. The van der Waals surface area contributed by atoms with Crippen molar-refractivity contribution >= 4 is 0 Å². The minimum absolute atomic E-state index is 0.173. The summed E-state index contributed by atoms with van der Waals surface area (Å²) in [7, 11) is 3.26. The van der Waals surface area contributed by atoms with E-state index >= 15 is 0 Å². The van der Waals surface area contributed by atoms with Crippen molar-refractivity contribution in [3.8, 4) is 11.5 Å². The Morgan fingerprint density at radius 3 is 2.32 bits per heavy atom. The van der Waals surface area contributed by atoms with Gasteiger partial charge in [0.2, 0.25) is 0 Å². The minimum atomic E-state index is -0.173. The first-order chi connectivity index (χ1) is 13.7. The van der Waals surface area contributed by atoms with E-state index in [9.17, 15) is 4.39 Å². The molecule has 28 heavy (non-hydrogen) atoms. The van der Waals surface area contributed by atoms with Crippen LogP contribution in [-0.4, -0.2) is 30.6 Å². The molecule has 0 spiro atoms. The fourth-order valence-electron chi connectivity index (χ4n) is 3.15. The van der Waals surface area contributed by atoms with Gasteiger partial charge in [-0.1, -0.05) is 24.3 Å². The van der Waals surface area contributed by atoms with Crippen LogP contribution in [0.3, 0.4) is 0 Å². The second-order valence-corrected chi connectivity index (χ2v) is 6.60. The van der Waals surface area contributed by atoms with Gasteiger partial charge in [0.15, 0.2) is 11.5 Å². The lowest BCUT2D eigenvalue weighted by molar-refractivity contribution is 0.256. The molecule has 0 saturated carbocycles. The third-order valence-corrected chi connectivity index (χ3v) is 4.67. The lowest BCUT2D eigenvalue weighted by Crippen LogP contribution is -2.26. The average molecular weight is 380 g/mol. The topological polar surface area (TPSA) is 34.6 Å². The third-order valence-electron chi connectivity index (χ3n) is 4.67. The molecule has 0 unspecified atom stereocenters. The Morgan fingerprint density at radius 1 is 0.857 bits per heavy atom. The second-order valence-electron chi connectivity index (χ2n) is 6.60. The highest BCUT2D eigenvalue weighted by molar-refractivity contribution is 5.43. The maximum absolute atomic E-state index is 14.2. The maximum Gasteiger partial charge on any atom is 0.160 e. The Labute approximate surface area is 165 Å². The summed E-state index contributed by atoms with van der Waals surface area (Å²) in [4.78, 5) is 6.32. The monoisotopic (exact) mass is 380 g/mol. The summed E-state index contributed by atoms with van der Waals surface area (Å²) < 4.78 is 24.9. The molecule has 4 nitrogen and oxygen atoms in total. The number of hydrogen-bond acceptors (Lipinski definition) is 4. The summed E-state index contributed by atoms with van der Waals surface area (Å²) >= 11 is 0. The van der Waals surface area contributed by atoms with E-state index in [1.807, 2.05) is 42.5 Å². The molecule has 0 amide bonds. The Morgan fingerprint density at radius 2 is 1.61 bits per heavy atom. The molecule has 0 N–H and O–H groups in total. The average Bonchev–Trinajstić information content (AvgIpc) is 2.74. The SMILES string of the molecule is COc1ccc(CCN(Cc2ccncc2)Cc2ccccc2F)cc1OC. The van der Waals surface area contributed by atoms with E-state index in [1.165, 1.54) is 6.07 Å². The van der Waals surface area contributed by atoms with E-state index in [2.05, 4.69) is 9.88 Å². The highest BCUT2D eigenvalue weighted by Gasteiger charge is 2.12. The molecule has 0 saturated heterocycles. The molecule has 1 heterocycles. The van der Waals surface area contributed by atoms with Gasteiger partial charge in [-0.05, 0) is 47.9 Å². The summed E-state index contributed by atoms with van der Waals surface area (Å²) in [5, 5.41) is 0. The summed E-state index contributed by atoms with van der Waals surface area (Å²) in [5.41, 5.74) is 2.99. The summed E-state index contributed by atoms with van der Waals surface area (Å²) in [6, 6.07) is 16.9. The van der Waals surface area contributed by atoms with Gasteiger partial charge in [-0.25, -0.2) is 4.39 Å². The van der Waals surface area contributed by atoms with Crippen LogP contribution in [0.2, 0.25) is 0 Å². The smallest absolute Gasteiger partial charge is 0.160 e. The molecule has 2 aromatic carbocycles. The molecule has 0 radical (unpaired) electrons. The van der Waals surface area contributed by atoms with Crippen molar-refractivity contribution < 1.29 is 13.9 Å². The highest BCUT2D eigenvalue weighted by atomic mass is 19.1. The standard InChI is InChI=1S/C23H25FN2O2/c1-27-22-8-7-18(15-23(22)28-2)11-14-26(16-19-9-12-25-13-10-19)17-20-5-3-4-6-21(20)24/h3-10,12-13,15H,11,14,16-17H2,1-2H3. The molecule has 3 rings (SSSR count). The lowest BCUT2D eigenvalue weighted by atomic mass is 10.1. The van der Waals surface area contributed by atoms with Crippen LogP contribution in [0.4, 0.5) is 4.39 Å². The predicted octanol–water partition coefficient (Wildman–Crippen LogP) is 4.48. The number of nitrogens with zero attached hydrogens (tertiary/aromatic N) is 2. The number of methoxy groups -OCH3 is 2. The number of hydrogen-bond donors (Lipinski definition) is 0. The number of aromatic nitrogens is 1. The van der Waals surface area contributed by atoms with Crippen molar-refractivity contribution in [2.24, 2.45) is 0 Å². The Balaban J connectivity index is 1.74. The van der Waals surface area contributed by atoms with E-state index in [0.717, 1.165) is 36.4 Å². The van der Waals surface area contributed by atoms with Gasteiger partial charge in [-0.3, -0.25) is 9.88 Å². The van der Waals surface area contributed by atoms with E-state index < -0.39 is 0 Å². The van der Waals surface area contributed by atoms with Gasteiger partial charge < -0.3 is 9.47 Å². The van der Waals surface area contributed by atoms with Gasteiger partial charge in [0.1, 0.15) is 5.82 Å². The first-order valence-corrected chi connectivity index (χ1v) is 9.25. The lowest BCUT2D eigenvalue weighted by Gasteiger charge is -2.23. The zero-order chi connectivity index (χ0) is 19.8. The molecule has 3 aromatic rings. The zero-order valence-corrected chi connectivity index (χ0v) is 16.3. The highest BCUT2D eigenvalue weighted by Crippen LogP contribution is 2.28. The molecule has 146 valence electrons. The fraction of sp³-hybridized carbons (Fsp3) is 0.261. The van der Waals surface area contributed by atoms with E-state index in [1.54, 1.807) is 32.7 Å². The van der Waals surface area contributed by atoms with Gasteiger partial charge >= 0.3 is 0 Å². The Bertz CT molecular complexity index is 887. The van der Waals surface area contributed by atoms with Crippen LogP contribution < -0.4 is 9.47 Å². The van der Waals surface area contributed by atoms with E-state index in [4.69, 9.17) is 9.47 Å². The molecular weight excluding hydrogens is 355 g/mol. The van der Waals surface area contributed by atoms with Crippen LogP contribution in [0.25, 0.3) is 0 Å². The first-order valence-electron chi connectivity index (χ1n) is 9.25. The van der Waals surface area contributed by atoms with Crippen LogP contribution >= 0.6 is 0 Å². The van der Waals surface area contributed by atoms with Gasteiger partial charge in [0.05, 0.1) is 14.2 Å². The molecular formula is C23H25FN2O2. The second kappa shape index (κ2) is 9.85. The van der Waals surface area contributed by atoms with E-state index in [0.29, 0.717) is 17.9 Å².